The molecule has 0 spiro atoms. The van der Waals surface area contributed by atoms with E-state index in [-0.39, 0.29) is 5.78 Å². The third-order valence-electron chi connectivity index (χ3n) is 3.78. The normalized spacial score (nSPS) is 12.2. The number of hydrogen-bond donors (Lipinski definition) is 2. The Morgan fingerprint density at radius 3 is 2.58 bits per heavy atom. The van der Waals surface area contributed by atoms with Gasteiger partial charge in [0.2, 0.25) is 0 Å². The van der Waals surface area contributed by atoms with E-state index in [1.54, 1.807) is 32.3 Å². The van der Waals surface area contributed by atoms with Crippen LogP contribution in [-0.2, 0) is 10.4 Å². The molecule has 3 rings (SSSR count). The number of hydrogen-bond acceptors (Lipinski definition) is 4. The molecule has 5 nitrogen and oxygen atoms in total. The van der Waals surface area contributed by atoms with Crippen molar-refractivity contribution in [3.8, 4) is 11.1 Å². The Hall–Kier alpha value is -2.79. The number of H-pyrrole nitrogens is 1. The Morgan fingerprint density at radius 1 is 1.21 bits per heavy atom. The molecule has 3 heterocycles. The van der Waals surface area contributed by atoms with Crippen LogP contribution in [0.25, 0.3) is 28.2 Å². The summed E-state index contributed by atoms with van der Waals surface area (Å²) in [7, 11) is 0. The lowest BCUT2D eigenvalue weighted by Gasteiger charge is -2.16. The van der Waals surface area contributed by atoms with Gasteiger partial charge in [-0.25, -0.2) is 4.98 Å². The van der Waals surface area contributed by atoms with Crippen molar-refractivity contribution in [1.29, 1.82) is 0 Å². The number of aromatic amines is 1. The molecule has 3 aromatic rings. The highest BCUT2D eigenvalue weighted by Gasteiger charge is 2.17. The Bertz CT molecular complexity index is 916. The highest BCUT2D eigenvalue weighted by atomic mass is 16.3. The van der Waals surface area contributed by atoms with Crippen molar-refractivity contribution in [2.45, 2.75) is 26.4 Å². The van der Waals surface area contributed by atoms with E-state index in [1.165, 1.54) is 13.0 Å². The Labute approximate surface area is 140 Å². The van der Waals surface area contributed by atoms with E-state index in [9.17, 15) is 9.90 Å². The molecule has 2 N–H and O–H groups in total. The largest absolute Gasteiger partial charge is 0.384 e. The van der Waals surface area contributed by atoms with Crippen LogP contribution in [0.1, 0.15) is 32.0 Å². The molecule has 3 aromatic heterocycles. The second kappa shape index (κ2) is 6.02. The van der Waals surface area contributed by atoms with E-state index >= 15 is 0 Å². The second-order valence-corrected chi connectivity index (χ2v) is 6.30. The van der Waals surface area contributed by atoms with E-state index in [2.05, 4.69) is 15.0 Å². The fraction of sp³-hybridized carbons (Fsp3) is 0.211. The molecule has 122 valence electrons. The molecule has 0 aliphatic rings. The molecule has 0 bridgehead atoms. The number of carbonyl (C=O) groups excluding carboxylic acids is 1. The van der Waals surface area contributed by atoms with Crippen molar-refractivity contribution in [3.05, 3.63) is 54.1 Å². The van der Waals surface area contributed by atoms with E-state index < -0.39 is 5.60 Å². The van der Waals surface area contributed by atoms with E-state index in [4.69, 9.17) is 0 Å². The number of nitrogens with zero attached hydrogens (tertiary/aromatic N) is 2. The summed E-state index contributed by atoms with van der Waals surface area (Å²) in [5.74, 6) is -0.000120. The Balaban J connectivity index is 2.01. The molecular formula is C19H19N3O2. The van der Waals surface area contributed by atoms with Crippen LogP contribution in [0.15, 0.2) is 42.9 Å². The molecule has 0 aromatic carbocycles. The molecular weight excluding hydrogens is 302 g/mol. The van der Waals surface area contributed by atoms with Crippen LogP contribution in [0.2, 0.25) is 0 Å². The second-order valence-electron chi connectivity index (χ2n) is 6.30. The number of ketones is 1. The number of aromatic nitrogens is 3. The topological polar surface area (TPSA) is 78.9 Å². The minimum Gasteiger partial charge on any atom is -0.384 e. The molecule has 0 unspecified atom stereocenters. The third-order valence-corrected chi connectivity index (χ3v) is 3.78. The predicted octanol–water partition coefficient (Wildman–Crippen LogP) is 3.45. The van der Waals surface area contributed by atoms with Crippen LogP contribution in [0, 0.1) is 0 Å². The number of carbonyl (C=O) groups is 1. The van der Waals surface area contributed by atoms with Crippen molar-refractivity contribution >= 4 is 22.9 Å². The number of fused-ring (bicyclic) bond motifs is 1. The summed E-state index contributed by atoms with van der Waals surface area (Å²) in [4.78, 5) is 23.0. The Morgan fingerprint density at radius 2 is 1.96 bits per heavy atom. The number of rotatable bonds is 4. The molecule has 0 atom stereocenters. The van der Waals surface area contributed by atoms with Crippen molar-refractivity contribution in [3.63, 3.8) is 0 Å². The van der Waals surface area contributed by atoms with Crippen molar-refractivity contribution in [1.82, 2.24) is 15.0 Å². The molecule has 0 saturated carbocycles. The van der Waals surface area contributed by atoms with E-state index in [1.807, 2.05) is 24.4 Å². The summed E-state index contributed by atoms with van der Waals surface area (Å²) in [6.45, 7) is 4.93. The van der Waals surface area contributed by atoms with Gasteiger partial charge in [0.15, 0.2) is 5.78 Å². The van der Waals surface area contributed by atoms with Crippen LogP contribution in [0.3, 0.4) is 0 Å². The van der Waals surface area contributed by atoms with Gasteiger partial charge in [0.1, 0.15) is 11.2 Å². The van der Waals surface area contributed by atoms with Gasteiger partial charge in [0.05, 0.1) is 5.69 Å². The summed E-state index contributed by atoms with van der Waals surface area (Å²) in [5, 5.41) is 10.9. The molecule has 0 amide bonds. The van der Waals surface area contributed by atoms with Gasteiger partial charge in [-0.1, -0.05) is 6.07 Å². The van der Waals surface area contributed by atoms with Crippen molar-refractivity contribution in [2.75, 3.05) is 0 Å². The van der Waals surface area contributed by atoms with Gasteiger partial charge in [-0.2, -0.15) is 0 Å². The Kier molecular flexibility index (Phi) is 4.03. The van der Waals surface area contributed by atoms with Crippen LogP contribution in [0.5, 0.6) is 0 Å². The maximum atomic E-state index is 11.1. The van der Waals surface area contributed by atoms with Crippen LogP contribution < -0.4 is 0 Å². The predicted molar refractivity (Wildman–Crippen MR) is 94.3 cm³/mol. The molecule has 0 saturated heterocycles. The highest BCUT2D eigenvalue weighted by Crippen LogP contribution is 2.26. The minimum absolute atomic E-state index is 0.000120. The van der Waals surface area contributed by atoms with Crippen LogP contribution in [0.4, 0.5) is 0 Å². The fourth-order valence-electron chi connectivity index (χ4n) is 2.45. The summed E-state index contributed by atoms with van der Waals surface area (Å²) in [6.07, 6.45) is 8.65. The molecule has 5 heteroatoms. The molecule has 24 heavy (non-hydrogen) atoms. The average Bonchev–Trinajstić information content (AvgIpc) is 2.94. The third kappa shape index (κ3) is 3.26. The van der Waals surface area contributed by atoms with Gasteiger partial charge in [0.25, 0.3) is 0 Å². The van der Waals surface area contributed by atoms with Crippen LogP contribution >= 0.6 is 0 Å². The number of aliphatic hydroxyl groups is 1. The zero-order valence-corrected chi connectivity index (χ0v) is 13.9. The first-order valence-corrected chi connectivity index (χ1v) is 7.69. The highest BCUT2D eigenvalue weighted by molar-refractivity contribution is 5.96. The smallest absolute Gasteiger partial charge is 0.152 e. The standard InChI is InChI=1S/C19H19N3O2/c1-12(23)4-5-14-10-21-18-16(14)8-15(11-22-18)13-6-7-17(20-9-13)19(2,3)24/h4-11,24H,1-3H3,(H,21,22)/b5-4+. The summed E-state index contributed by atoms with van der Waals surface area (Å²) < 4.78 is 0. The monoisotopic (exact) mass is 321 g/mol. The van der Waals surface area contributed by atoms with E-state index in [0.29, 0.717) is 5.69 Å². The van der Waals surface area contributed by atoms with Gasteiger partial charge in [-0.05, 0) is 45.1 Å². The number of allylic oxidation sites excluding steroid dienone is 1. The lowest BCUT2D eigenvalue weighted by molar-refractivity contribution is -0.112. The molecule has 0 aliphatic carbocycles. The van der Waals surface area contributed by atoms with Gasteiger partial charge in [0, 0.05) is 40.7 Å². The maximum absolute atomic E-state index is 11.1. The van der Waals surface area contributed by atoms with Gasteiger partial charge in [-0.3, -0.25) is 9.78 Å². The first kappa shape index (κ1) is 16.1. The average molecular weight is 321 g/mol. The summed E-state index contributed by atoms with van der Waals surface area (Å²) in [5.41, 5.74) is 3.17. The number of nitrogens with one attached hydrogen (secondary N) is 1. The summed E-state index contributed by atoms with van der Waals surface area (Å²) >= 11 is 0. The summed E-state index contributed by atoms with van der Waals surface area (Å²) in [6, 6.07) is 5.74. The molecule has 0 fully saturated rings. The number of pyridine rings is 2. The lowest BCUT2D eigenvalue weighted by atomic mass is 10.0. The maximum Gasteiger partial charge on any atom is 0.152 e. The fourth-order valence-corrected chi connectivity index (χ4v) is 2.45. The van der Waals surface area contributed by atoms with Crippen molar-refractivity contribution < 1.29 is 9.90 Å². The minimum atomic E-state index is -0.966. The zero-order chi connectivity index (χ0) is 17.3. The van der Waals surface area contributed by atoms with Crippen molar-refractivity contribution in [2.24, 2.45) is 0 Å². The first-order valence-electron chi connectivity index (χ1n) is 7.69. The van der Waals surface area contributed by atoms with Gasteiger partial charge < -0.3 is 10.1 Å². The first-order chi connectivity index (χ1) is 11.3. The molecule has 0 aliphatic heterocycles. The van der Waals surface area contributed by atoms with Gasteiger partial charge in [-0.15, -0.1) is 0 Å². The quantitative estimate of drug-likeness (QED) is 0.721. The molecule has 0 radical (unpaired) electrons. The van der Waals surface area contributed by atoms with E-state index in [0.717, 1.165) is 27.7 Å². The zero-order valence-electron chi connectivity index (χ0n) is 13.9. The van der Waals surface area contributed by atoms with Crippen LogP contribution in [-0.4, -0.2) is 25.8 Å². The SMILES string of the molecule is CC(=O)/C=C/c1c[nH]c2ncc(-c3ccc(C(C)(C)O)nc3)cc12. The lowest BCUT2D eigenvalue weighted by Crippen LogP contribution is -2.17. The van der Waals surface area contributed by atoms with Gasteiger partial charge >= 0.3 is 0 Å².